The molecule has 2 amide bonds. The highest BCUT2D eigenvalue weighted by molar-refractivity contribution is 6.01. The van der Waals surface area contributed by atoms with E-state index in [9.17, 15) is 9.59 Å². The number of imide groups is 1. The number of piperazine rings is 1. The van der Waals surface area contributed by atoms with Crippen LogP contribution in [0.1, 0.15) is 30.1 Å². The van der Waals surface area contributed by atoms with E-state index in [1.807, 2.05) is 25.2 Å². The second-order valence-electron chi connectivity index (χ2n) is 6.87. The van der Waals surface area contributed by atoms with Crippen LogP contribution in [0, 0.1) is 0 Å². The van der Waals surface area contributed by atoms with Gasteiger partial charge in [-0.05, 0) is 24.1 Å². The van der Waals surface area contributed by atoms with Gasteiger partial charge in [0.25, 0.3) is 0 Å². The summed E-state index contributed by atoms with van der Waals surface area (Å²) in [4.78, 5) is 30.7. The van der Waals surface area contributed by atoms with Gasteiger partial charge in [0.2, 0.25) is 11.8 Å². The molecule has 2 aromatic rings. The van der Waals surface area contributed by atoms with Crippen LogP contribution in [-0.2, 0) is 23.2 Å². The van der Waals surface area contributed by atoms with Crippen molar-refractivity contribution in [1.29, 1.82) is 0 Å². The van der Waals surface area contributed by atoms with Crippen LogP contribution < -0.4 is 10.6 Å². The molecule has 2 N–H and O–H groups in total. The van der Waals surface area contributed by atoms with Gasteiger partial charge in [-0.1, -0.05) is 6.07 Å². The van der Waals surface area contributed by atoms with Crippen LogP contribution in [0.3, 0.4) is 0 Å². The summed E-state index contributed by atoms with van der Waals surface area (Å²) in [6.07, 6.45) is 0.960. The lowest BCUT2D eigenvalue weighted by Crippen LogP contribution is -2.43. The van der Waals surface area contributed by atoms with Gasteiger partial charge in [-0.3, -0.25) is 19.8 Å². The number of hydrogen-bond donors (Lipinski definition) is 2. The van der Waals surface area contributed by atoms with E-state index >= 15 is 0 Å². The van der Waals surface area contributed by atoms with E-state index in [2.05, 4.69) is 20.1 Å². The first-order chi connectivity index (χ1) is 12.1. The standard InChI is InChI=1S/C18H23N5O2/c1-22-15-4-2-12(13-3-5-17(24)21-18(13)25)10-14(15)20-16(22)11-23-8-6-19-7-9-23/h2,4,10,13,19H,3,5-9,11H2,1H3,(H,21,24,25). The number of fused-ring (bicyclic) bond motifs is 1. The van der Waals surface area contributed by atoms with Crippen LogP contribution in [0.2, 0.25) is 0 Å². The number of imidazole rings is 1. The summed E-state index contributed by atoms with van der Waals surface area (Å²) in [5.41, 5.74) is 2.92. The lowest BCUT2D eigenvalue weighted by atomic mass is 9.90. The monoisotopic (exact) mass is 341 g/mol. The van der Waals surface area contributed by atoms with Crippen molar-refractivity contribution in [1.82, 2.24) is 25.1 Å². The highest BCUT2D eigenvalue weighted by atomic mass is 16.2. The lowest BCUT2D eigenvalue weighted by molar-refractivity contribution is -0.134. The summed E-state index contributed by atoms with van der Waals surface area (Å²) in [6, 6.07) is 6.01. The molecule has 4 rings (SSSR count). The summed E-state index contributed by atoms with van der Waals surface area (Å²) >= 11 is 0. The van der Waals surface area contributed by atoms with Gasteiger partial charge in [-0.25, -0.2) is 4.98 Å². The largest absolute Gasteiger partial charge is 0.330 e. The third-order valence-corrected chi connectivity index (χ3v) is 5.21. The van der Waals surface area contributed by atoms with Gasteiger partial charge >= 0.3 is 0 Å². The molecular weight excluding hydrogens is 318 g/mol. The van der Waals surface area contributed by atoms with Gasteiger partial charge in [0.15, 0.2) is 0 Å². The van der Waals surface area contributed by atoms with E-state index in [0.717, 1.165) is 55.1 Å². The van der Waals surface area contributed by atoms with Crippen molar-refractivity contribution in [3.63, 3.8) is 0 Å². The zero-order chi connectivity index (χ0) is 17.4. The van der Waals surface area contributed by atoms with Crippen molar-refractivity contribution in [3.8, 4) is 0 Å². The number of piperidine rings is 1. The number of nitrogens with zero attached hydrogens (tertiary/aromatic N) is 3. The van der Waals surface area contributed by atoms with Crippen molar-refractivity contribution < 1.29 is 9.59 Å². The quantitative estimate of drug-likeness (QED) is 0.795. The molecule has 132 valence electrons. The third kappa shape index (κ3) is 3.17. The first-order valence-electron chi connectivity index (χ1n) is 8.84. The number of aromatic nitrogens is 2. The Bertz CT molecular complexity index is 822. The zero-order valence-electron chi connectivity index (χ0n) is 14.4. The van der Waals surface area contributed by atoms with E-state index in [1.54, 1.807) is 0 Å². The Morgan fingerprint density at radius 1 is 1.24 bits per heavy atom. The zero-order valence-corrected chi connectivity index (χ0v) is 14.4. The highest BCUT2D eigenvalue weighted by Crippen LogP contribution is 2.28. The van der Waals surface area contributed by atoms with Crippen LogP contribution in [0.4, 0.5) is 0 Å². The van der Waals surface area contributed by atoms with E-state index in [4.69, 9.17) is 4.98 Å². The minimum atomic E-state index is -0.263. The molecule has 1 aromatic carbocycles. The average molecular weight is 341 g/mol. The molecule has 0 saturated carbocycles. The van der Waals surface area contributed by atoms with E-state index in [-0.39, 0.29) is 17.7 Å². The van der Waals surface area contributed by atoms with Gasteiger partial charge < -0.3 is 9.88 Å². The lowest BCUT2D eigenvalue weighted by Gasteiger charge is -2.26. The molecule has 7 heteroatoms. The summed E-state index contributed by atoms with van der Waals surface area (Å²) < 4.78 is 2.13. The molecule has 1 aromatic heterocycles. The van der Waals surface area contributed by atoms with Crippen molar-refractivity contribution in [3.05, 3.63) is 29.6 Å². The predicted molar refractivity (Wildman–Crippen MR) is 94.0 cm³/mol. The summed E-state index contributed by atoms with van der Waals surface area (Å²) in [5.74, 6) is 0.393. The molecule has 3 heterocycles. The summed E-state index contributed by atoms with van der Waals surface area (Å²) in [6.45, 7) is 4.93. The molecule has 1 unspecified atom stereocenters. The van der Waals surface area contributed by atoms with Crippen LogP contribution in [0.5, 0.6) is 0 Å². The Morgan fingerprint density at radius 2 is 2.04 bits per heavy atom. The van der Waals surface area contributed by atoms with E-state index in [0.29, 0.717) is 12.8 Å². The Hall–Kier alpha value is -2.25. The van der Waals surface area contributed by atoms with Crippen LogP contribution in [-0.4, -0.2) is 52.4 Å². The second kappa shape index (κ2) is 6.57. The SMILES string of the molecule is Cn1c(CN2CCNCC2)nc2cc(C3CCC(=O)NC3=O)ccc21. The molecule has 25 heavy (non-hydrogen) atoms. The number of aryl methyl sites for hydroxylation is 1. The normalized spacial score (nSPS) is 22.4. The highest BCUT2D eigenvalue weighted by Gasteiger charge is 2.28. The van der Waals surface area contributed by atoms with Gasteiger partial charge in [-0.2, -0.15) is 0 Å². The molecule has 0 radical (unpaired) electrons. The van der Waals surface area contributed by atoms with Gasteiger partial charge in [0, 0.05) is 39.6 Å². The van der Waals surface area contributed by atoms with Crippen molar-refractivity contribution in [2.45, 2.75) is 25.3 Å². The molecule has 0 aliphatic carbocycles. The van der Waals surface area contributed by atoms with E-state index in [1.165, 1.54) is 0 Å². The number of benzene rings is 1. The number of hydrogen-bond acceptors (Lipinski definition) is 5. The van der Waals surface area contributed by atoms with Gasteiger partial charge in [-0.15, -0.1) is 0 Å². The fraction of sp³-hybridized carbons (Fsp3) is 0.500. The number of carbonyl (C=O) groups is 2. The van der Waals surface area contributed by atoms with Crippen molar-refractivity contribution >= 4 is 22.8 Å². The van der Waals surface area contributed by atoms with Crippen LogP contribution in [0.15, 0.2) is 18.2 Å². The molecule has 0 bridgehead atoms. The first kappa shape index (κ1) is 16.2. The molecule has 0 spiro atoms. The maximum Gasteiger partial charge on any atom is 0.234 e. The molecule has 2 saturated heterocycles. The minimum absolute atomic E-state index is 0.182. The summed E-state index contributed by atoms with van der Waals surface area (Å²) in [5, 5.41) is 5.79. The van der Waals surface area contributed by atoms with Crippen molar-refractivity contribution in [2.24, 2.45) is 7.05 Å². The van der Waals surface area contributed by atoms with Crippen LogP contribution in [0.25, 0.3) is 11.0 Å². The Kier molecular flexibility index (Phi) is 4.27. The average Bonchev–Trinajstić information content (AvgIpc) is 2.91. The maximum absolute atomic E-state index is 12.1. The topological polar surface area (TPSA) is 79.3 Å². The molecule has 2 aliphatic heterocycles. The first-order valence-corrected chi connectivity index (χ1v) is 8.84. The molecule has 2 fully saturated rings. The number of nitrogens with one attached hydrogen (secondary N) is 2. The molecule has 1 atom stereocenters. The second-order valence-corrected chi connectivity index (χ2v) is 6.87. The minimum Gasteiger partial charge on any atom is -0.330 e. The van der Waals surface area contributed by atoms with Crippen molar-refractivity contribution in [2.75, 3.05) is 26.2 Å². The summed E-state index contributed by atoms with van der Waals surface area (Å²) in [7, 11) is 2.04. The maximum atomic E-state index is 12.1. The predicted octanol–water partition coefficient (Wildman–Crippen LogP) is 0.499. The Morgan fingerprint density at radius 3 is 2.80 bits per heavy atom. The Labute approximate surface area is 146 Å². The molecular formula is C18H23N5O2. The number of carbonyl (C=O) groups excluding carboxylic acids is 2. The van der Waals surface area contributed by atoms with Gasteiger partial charge in [0.05, 0.1) is 23.5 Å². The Balaban J connectivity index is 1.60. The fourth-order valence-corrected chi connectivity index (χ4v) is 3.71. The molecule has 2 aliphatic rings. The number of amides is 2. The fourth-order valence-electron chi connectivity index (χ4n) is 3.71. The van der Waals surface area contributed by atoms with E-state index < -0.39 is 0 Å². The smallest absolute Gasteiger partial charge is 0.234 e. The van der Waals surface area contributed by atoms with Gasteiger partial charge in [0.1, 0.15) is 5.82 Å². The molecule has 7 nitrogen and oxygen atoms in total. The third-order valence-electron chi connectivity index (χ3n) is 5.21. The number of rotatable bonds is 3. The van der Waals surface area contributed by atoms with Crippen LogP contribution >= 0.6 is 0 Å².